The van der Waals surface area contributed by atoms with Crippen LogP contribution in [-0.2, 0) is 19.2 Å². The van der Waals surface area contributed by atoms with Gasteiger partial charge in [-0.3, -0.25) is 24.5 Å². The molecule has 12 nitrogen and oxygen atoms in total. The minimum absolute atomic E-state index is 0.0960. The first-order valence-electron chi connectivity index (χ1n) is 17.3. The summed E-state index contributed by atoms with van der Waals surface area (Å²) >= 11 is 0. The molecular weight excluding hydrogens is 588 g/mol. The third kappa shape index (κ3) is 9.42. The molecule has 0 radical (unpaired) electrons. The Hall–Kier alpha value is -2.73. The number of carbonyl (C=O) groups excluding carboxylic acids is 5. The first kappa shape index (κ1) is 37.7. The largest absolute Gasteiger partial charge is 0.376 e. The minimum Gasteiger partial charge on any atom is -0.376 e. The Morgan fingerprint density at radius 3 is 1.80 bits per heavy atom. The fourth-order valence-corrected chi connectivity index (χ4v) is 7.08. The Balaban J connectivity index is 1.82. The molecular formula is C34H60N6O6. The second-order valence-corrected chi connectivity index (χ2v) is 16.2. The molecule has 0 aromatic rings. The van der Waals surface area contributed by atoms with Crippen molar-refractivity contribution in [2.75, 3.05) is 19.6 Å². The fourth-order valence-electron chi connectivity index (χ4n) is 7.08. The molecule has 3 rings (SSSR count). The molecule has 6 atom stereocenters. The van der Waals surface area contributed by atoms with Crippen molar-refractivity contribution < 1.29 is 29.1 Å². The lowest BCUT2D eigenvalue weighted by atomic mass is 9.79. The maximum Gasteiger partial charge on any atom is 0.316 e. The number of nitrogens with two attached hydrogens (primary N) is 1. The van der Waals surface area contributed by atoms with Crippen LogP contribution in [0.4, 0.5) is 4.79 Å². The molecule has 1 saturated carbocycles. The predicted molar refractivity (Wildman–Crippen MR) is 176 cm³/mol. The molecule has 0 aromatic heterocycles. The van der Waals surface area contributed by atoms with Gasteiger partial charge in [-0.1, -0.05) is 74.7 Å². The fraction of sp³-hybridized carbons (Fsp3) is 0.853. The first-order valence-corrected chi connectivity index (χ1v) is 17.3. The van der Waals surface area contributed by atoms with E-state index in [4.69, 9.17) is 5.73 Å². The quantitative estimate of drug-likeness (QED) is 0.160. The van der Waals surface area contributed by atoms with Crippen LogP contribution in [0.2, 0.25) is 0 Å². The molecule has 6 N–H and O–H groups in total. The SMILES string of the molecule is CC(C)[C@H]1CCN(C(=O)[C@@H](NC(=O)N[C@H](C(=O)N2CCCCC2)C(C)(C)C)C(C)(C)C)[C@@H]1C(O)NC(CC1CCC1)C(=O)C(N)=O. The standard InChI is InChI=1S/C34H60N6O6/c1-20(2)22-15-18-40(24(22)29(43)36-23(25(41)28(35)42)19-21-13-12-14-21)31(45)27(34(6,7)8)38-32(46)37-26(33(3,4)5)30(44)39-16-10-9-11-17-39/h20-24,26-27,29,36,43H,9-19H2,1-8H3,(H2,35,42)(H2,37,38,46)/t22-,23?,24+,26-,27-,29?/m1/s1. The molecule has 0 aromatic carbocycles. The summed E-state index contributed by atoms with van der Waals surface area (Å²) in [6, 6.07) is -4.02. The van der Waals surface area contributed by atoms with E-state index < -0.39 is 58.9 Å². The molecule has 3 fully saturated rings. The number of aliphatic hydroxyl groups excluding tert-OH is 1. The average molecular weight is 649 g/mol. The van der Waals surface area contributed by atoms with Crippen molar-refractivity contribution in [2.45, 2.75) is 137 Å². The monoisotopic (exact) mass is 648 g/mol. The molecule has 12 heteroatoms. The molecule has 46 heavy (non-hydrogen) atoms. The number of Topliss-reactive ketones (excluding diaryl/α,β-unsaturated/α-hetero) is 1. The van der Waals surface area contributed by atoms with Crippen LogP contribution in [0.25, 0.3) is 0 Å². The van der Waals surface area contributed by atoms with Gasteiger partial charge in [-0.05, 0) is 60.7 Å². The van der Waals surface area contributed by atoms with Gasteiger partial charge in [0.05, 0.1) is 12.1 Å². The summed E-state index contributed by atoms with van der Waals surface area (Å²) < 4.78 is 0. The number of nitrogens with zero attached hydrogens (tertiary/aromatic N) is 2. The molecule has 262 valence electrons. The van der Waals surface area contributed by atoms with Gasteiger partial charge in [0.25, 0.3) is 5.91 Å². The van der Waals surface area contributed by atoms with Crippen LogP contribution < -0.4 is 21.7 Å². The maximum atomic E-state index is 14.4. The van der Waals surface area contributed by atoms with Gasteiger partial charge in [0, 0.05) is 19.6 Å². The van der Waals surface area contributed by atoms with Crippen LogP contribution in [0.1, 0.15) is 107 Å². The molecule has 0 bridgehead atoms. The topological polar surface area (TPSA) is 174 Å². The van der Waals surface area contributed by atoms with Crippen LogP contribution in [0.5, 0.6) is 0 Å². The van der Waals surface area contributed by atoms with E-state index >= 15 is 0 Å². The van der Waals surface area contributed by atoms with Gasteiger partial charge in [0.1, 0.15) is 18.3 Å². The number of nitrogens with one attached hydrogen (secondary N) is 3. The Morgan fingerprint density at radius 2 is 1.35 bits per heavy atom. The summed E-state index contributed by atoms with van der Waals surface area (Å²) in [4.78, 5) is 69.5. The van der Waals surface area contributed by atoms with E-state index in [0.717, 1.165) is 38.5 Å². The number of rotatable bonds is 12. The summed E-state index contributed by atoms with van der Waals surface area (Å²) in [7, 11) is 0. The summed E-state index contributed by atoms with van der Waals surface area (Å²) in [5.41, 5.74) is 4.09. The molecule has 3 aliphatic rings. The third-order valence-corrected chi connectivity index (χ3v) is 10.1. The van der Waals surface area contributed by atoms with Crippen LogP contribution in [0, 0.1) is 28.6 Å². The van der Waals surface area contributed by atoms with E-state index in [2.05, 4.69) is 16.0 Å². The van der Waals surface area contributed by atoms with Crippen molar-refractivity contribution in [3.63, 3.8) is 0 Å². The molecule has 2 aliphatic heterocycles. The van der Waals surface area contributed by atoms with Crippen molar-refractivity contribution in [1.82, 2.24) is 25.8 Å². The lowest BCUT2D eigenvalue weighted by Crippen LogP contribution is -2.64. The van der Waals surface area contributed by atoms with E-state index in [1.807, 2.05) is 60.3 Å². The van der Waals surface area contributed by atoms with Gasteiger partial charge < -0.3 is 31.3 Å². The van der Waals surface area contributed by atoms with Crippen LogP contribution >= 0.6 is 0 Å². The van der Waals surface area contributed by atoms with Gasteiger partial charge in [-0.25, -0.2) is 4.79 Å². The first-order chi connectivity index (χ1) is 21.3. The third-order valence-electron chi connectivity index (χ3n) is 10.1. The number of carbonyl (C=O) groups is 5. The summed E-state index contributed by atoms with van der Waals surface area (Å²) in [6.07, 6.45) is 5.62. The number of likely N-dealkylation sites (tertiary alicyclic amines) is 2. The molecule has 2 heterocycles. The van der Waals surface area contributed by atoms with E-state index in [1.165, 1.54) is 0 Å². The molecule has 1 aliphatic carbocycles. The number of hydrogen-bond donors (Lipinski definition) is 5. The van der Waals surface area contributed by atoms with Gasteiger partial charge in [-0.2, -0.15) is 0 Å². The van der Waals surface area contributed by atoms with E-state index in [-0.39, 0.29) is 29.6 Å². The highest BCUT2D eigenvalue weighted by Crippen LogP contribution is 2.36. The van der Waals surface area contributed by atoms with Gasteiger partial charge in [0.2, 0.25) is 17.6 Å². The molecule has 0 spiro atoms. The lowest BCUT2D eigenvalue weighted by molar-refractivity contribution is -0.142. The highest BCUT2D eigenvalue weighted by atomic mass is 16.3. The Labute approximate surface area is 275 Å². The number of amides is 5. The van der Waals surface area contributed by atoms with E-state index in [0.29, 0.717) is 32.5 Å². The normalized spacial score (nSPS) is 23.7. The van der Waals surface area contributed by atoms with Crippen molar-refractivity contribution >= 4 is 29.5 Å². The zero-order valence-electron chi connectivity index (χ0n) is 29.4. The second-order valence-electron chi connectivity index (χ2n) is 16.2. The van der Waals surface area contributed by atoms with Crippen molar-refractivity contribution in [3.05, 3.63) is 0 Å². The number of ketones is 1. The zero-order valence-corrected chi connectivity index (χ0v) is 29.4. The smallest absolute Gasteiger partial charge is 0.316 e. The van der Waals surface area contributed by atoms with Gasteiger partial charge >= 0.3 is 6.03 Å². The number of hydrogen-bond acceptors (Lipinski definition) is 7. The zero-order chi connectivity index (χ0) is 34.6. The molecule has 2 unspecified atom stereocenters. The summed E-state index contributed by atoms with van der Waals surface area (Å²) in [6.45, 7) is 17.0. The predicted octanol–water partition coefficient (Wildman–Crippen LogP) is 2.52. The van der Waals surface area contributed by atoms with Gasteiger partial charge in [0.15, 0.2) is 0 Å². The van der Waals surface area contributed by atoms with Crippen LogP contribution in [0.3, 0.4) is 0 Å². The van der Waals surface area contributed by atoms with Crippen molar-refractivity contribution in [3.8, 4) is 0 Å². The second kappa shape index (κ2) is 15.4. The van der Waals surface area contributed by atoms with Crippen LogP contribution in [0.15, 0.2) is 0 Å². The van der Waals surface area contributed by atoms with E-state index in [1.54, 1.807) is 4.90 Å². The number of urea groups is 1. The Bertz CT molecular complexity index is 1100. The maximum absolute atomic E-state index is 14.4. The molecule has 2 saturated heterocycles. The van der Waals surface area contributed by atoms with Gasteiger partial charge in [-0.15, -0.1) is 0 Å². The number of primary amides is 1. The highest BCUT2D eigenvalue weighted by molar-refractivity contribution is 6.37. The number of piperidine rings is 1. The Morgan fingerprint density at radius 1 is 0.804 bits per heavy atom. The minimum atomic E-state index is -1.30. The van der Waals surface area contributed by atoms with Crippen molar-refractivity contribution in [1.29, 1.82) is 0 Å². The molecule has 5 amide bonds. The van der Waals surface area contributed by atoms with E-state index in [9.17, 15) is 29.1 Å². The summed E-state index contributed by atoms with van der Waals surface area (Å²) in [5, 5.41) is 20.4. The highest BCUT2D eigenvalue weighted by Gasteiger charge is 2.48. The van der Waals surface area contributed by atoms with Crippen molar-refractivity contribution in [2.24, 2.45) is 34.3 Å². The lowest BCUT2D eigenvalue weighted by Gasteiger charge is -2.40. The Kier molecular flexibility index (Phi) is 12.7. The summed E-state index contributed by atoms with van der Waals surface area (Å²) in [5.74, 6) is -2.04. The average Bonchev–Trinajstić information content (AvgIpc) is 3.40. The van der Waals surface area contributed by atoms with Crippen LogP contribution in [-0.4, -0.2) is 94.5 Å². The number of aliphatic hydroxyl groups is 1.